The molecule has 0 aromatic carbocycles. The minimum Gasteiger partial charge on any atom is -0.493 e. The number of hydrogen-bond acceptors (Lipinski definition) is 4. The Balaban J connectivity index is 2.48. The second-order valence-electron chi connectivity index (χ2n) is 3.83. The molecule has 0 radical (unpaired) electrons. The highest BCUT2D eigenvalue weighted by molar-refractivity contribution is 9.10. The van der Waals surface area contributed by atoms with Crippen molar-refractivity contribution in [1.29, 1.82) is 0 Å². The standard InChI is InChI=1S/C12H12BrN3O2/c1-2-3-8-11(17)15-10(16-12(8)18)9-5-4-7(13)6-14-9/h4-6H,2-3H2,1H3,(H2,15,16,17,18). The second kappa shape index (κ2) is 5.30. The third-order valence-electron chi connectivity index (χ3n) is 2.46. The van der Waals surface area contributed by atoms with Gasteiger partial charge in [-0.3, -0.25) is 9.78 Å². The highest BCUT2D eigenvalue weighted by atomic mass is 79.9. The van der Waals surface area contributed by atoms with E-state index >= 15 is 0 Å². The van der Waals surface area contributed by atoms with E-state index in [1.54, 1.807) is 18.3 Å². The molecule has 2 aromatic rings. The molecular formula is C12H12BrN3O2. The van der Waals surface area contributed by atoms with Gasteiger partial charge in [0.15, 0.2) is 5.82 Å². The van der Waals surface area contributed by atoms with Gasteiger partial charge >= 0.3 is 0 Å². The number of hydrogen-bond donors (Lipinski definition) is 2. The number of H-pyrrole nitrogens is 1. The first-order valence-corrected chi connectivity index (χ1v) is 6.35. The summed E-state index contributed by atoms with van der Waals surface area (Å²) in [6, 6.07) is 3.50. The SMILES string of the molecule is CCCc1c(O)nc(-c2ccc(Br)cn2)[nH]c1=O. The molecule has 2 rings (SSSR count). The number of aromatic nitrogens is 3. The molecule has 0 aliphatic rings. The van der Waals surface area contributed by atoms with Crippen molar-refractivity contribution >= 4 is 15.9 Å². The normalized spacial score (nSPS) is 10.6. The molecule has 0 aliphatic heterocycles. The molecule has 0 saturated carbocycles. The van der Waals surface area contributed by atoms with Crippen molar-refractivity contribution in [3.8, 4) is 17.4 Å². The molecule has 18 heavy (non-hydrogen) atoms. The Morgan fingerprint density at radius 3 is 2.78 bits per heavy atom. The molecule has 0 unspecified atom stereocenters. The summed E-state index contributed by atoms with van der Waals surface area (Å²) in [5.41, 5.74) is 0.510. The number of aromatic hydroxyl groups is 1. The third kappa shape index (κ3) is 2.59. The van der Waals surface area contributed by atoms with E-state index in [1.165, 1.54) is 0 Å². The van der Waals surface area contributed by atoms with Crippen molar-refractivity contribution in [3.05, 3.63) is 38.7 Å². The number of halogens is 1. The number of nitrogens with one attached hydrogen (secondary N) is 1. The number of nitrogens with zero attached hydrogens (tertiary/aromatic N) is 2. The van der Waals surface area contributed by atoms with Crippen LogP contribution in [0.3, 0.4) is 0 Å². The van der Waals surface area contributed by atoms with Crippen LogP contribution in [0.15, 0.2) is 27.6 Å². The van der Waals surface area contributed by atoms with E-state index < -0.39 is 0 Å². The Morgan fingerprint density at radius 2 is 2.22 bits per heavy atom. The Morgan fingerprint density at radius 1 is 1.44 bits per heavy atom. The topological polar surface area (TPSA) is 78.9 Å². The van der Waals surface area contributed by atoms with Crippen LogP contribution in [0.1, 0.15) is 18.9 Å². The largest absolute Gasteiger partial charge is 0.493 e. The molecule has 0 aliphatic carbocycles. The molecule has 0 saturated heterocycles. The lowest BCUT2D eigenvalue weighted by molar-refractivity contribution is 0.443. The number of pyridine rings is 1. The van der Waals surface area contributed by atoms with Crippen molar-refractivity contribution in [2.45, 2.75) is 19.8 Å². The molecule has 2 aromatic heterocycles. The molecule has 5 nitrogen and oxygen atoms in total. The summed E-state index contributed by atoms with van der Waals surface area (Å²) in [5, 5.41) is 9.75. The smallest absolute Gasteiger partial charge is 0.258 e. The van der Waals surface area contributed by atoms with Gasteiger partial charge in [-0.2, -0.15) is 4.98 Å². The Bertz CT molecular complexity index is 608. The van der Waals surface area contributed by atoms with Crippen LogP contribution in [0.4, 0.5) is 0 Å². The van der Waals surface area contributed by atoms with Crippen LogP contribution >= 0.6 is 15.9 Å². The van der Waals surface area contributed by atoms with Crippen LogP contribution < -0.4 is 5.56 Å². The molecule has 94 valence electrons. The van der Waals surface area contributed by atoms with Crippen molar-refractivity contribution < 1.29 is 5.11 Å². The highest BCUT2D eigenvalue weighted by Gasteiger charge is 2.11. The van der Waals surface area contributed by atoms with Crippen LogP contribution in [0.25, 0.3) is 11.5 Å². The van der Waals surface area contributed by atoms with Gasteiger partial charge < -0.3 is 10.1 Å². The lowest BCUT2D eigenvalue weighted by Gasteiger charge is -2.04. The van der Waals surface area contributed by atoms with E-state index in [-0.39, 0.29) is 17.3 Å². The molecule has 0 bridgehead atoms. The third-order valence-corrected chi connectivity index (χ3v) is 2.93. The predicted octanol–water partition coefficient (Wildman–Crippen LogP) is 2.25. The van der Waals surface area contributed by atoms with Crippen LogP contribution in [0.5, 0.6) is 5.88 Å². The van der Waals surface area contributed by atoms with Crippen molar-refractivity contribution in [2.24, 2.45) is 0 Å². The highest BCUT2D eigenvalue weighted by Crippen LogP contribution is 2.18. The van der Waals surface area contributed by atoms with Crippen LogP contribution in [0.2, 0.25) is 0 Å². The van der Waals surface area contributed by atoms with Crippen molar-refractivity contribution in [1.82, 2.24) is 15.0 Å². The lowest BCUT2D eigenvalue weighted by atomic mass is 10.2. The summed E-state index contributed by atoms with van der Waals surface area (Å²) in [6.07, 6.45) is 2.88. The summed E-state index contributed by atoms with van der Waals surface area (Å²) in [7, 11) is 0. The summed E-state index contributed by atoms with van der Waals surface area (Å²) < 4.78 is 0.834. The average Bonchev–Trinajstić information content (AvgIpc) is 2.34. The van der Waals surface area contributed by atoms with Gasteiger partial charge in [0.1, 0.15) is 5.69 Å². The van der Waals surface area contributed by atoms with Gasteiger partial charge in [-0.15, -0.1) is 0 Å². The minimum atomic E-state index is -0.316. The van der Waals surface area contributed by atoms with Crippen LogP contribution in [-0.2, 0) is 6.42 Å². The first kappa shape index (κ1) is 12.8. The fourth-order valence-electron chi connectivity index (χ4n) is 1.60. The molecule has 0 spiro atoms. The summed E-state index contributed by atoms with van der Waals surface area (Å²) >= 11 is 3.27. The Kier molecular flexibility index (Phi) is 3.76. The summed E-state index contributed by atoms with van der Waals surface area (Å²) in [5.74, 6) is 0.0465. The van der Waals surface area contributed by atoms with Crippen LogP contribution in [-0.4, -0.2) is 20.1 Å². The van der Waals surface area contributed by atoms with E-state index in [1.807, 2.05) is 6.92 Å². The van der Waals surface area contributed by atoms with E-state index in [0.717, 1.165) is 10.9 Å². The Hall–Kier alpha value is -1.69. The fraction of sp³-hybridized carbons (Fsp3) is 0.250. The summed E-state index contributed by atoms with van der Waals surface area (Å²) in [4.78, 5) is 22.5. The first-order chi connectivity index (χ1) is 8.61. The lowest BCUT2D eigenvalue weighted by Crippen LogP contribution is -2.15. The van der Waals surface area contributed by atoms with Gasteiger partial charge in [0.05, 0.1) is 5.56 Å². The van der Waals surface area contributed by atoms with Gasteiger partial charge in [0, 0.05) is 10.7 Å². The molecule has 2 heterocycles. The molecule has 0 atom stereocenters. The van der Waals surface area contributed by atoms with Crippen LogP contribution in [0, 0.1) is 0 Å². The molecule has 0 amide bonds. The predicted molar refractivity (Wildman–Crippen MR) is 71.4 cm³/mol. The molecule has 6 heteroatoms. The Labute approximate surface area is 112 Å². The van der Waals surface area contributed by atoms with E-state index in [4.69, 9.17) is 0 Å². The van der Waals surface area contributed by atoms with Gasteiger partial charge in [0.2, 0.25) is 5.88 Å². The maximum atomic E-state index is 11.8. The summed E-state index contributed by atoms with van der Waals surface area (Å²) in [6.45, 7) is 1.93. The van der Waals surface area contributed by atoms with E-state index in [2.05, 4.69) is 30.9 Å². The maximum Gasteiger partial charge on any atom is 0.258 e. The van der Waals surface area contributed by atoms with E-state index in [9.17, 15) is 9.90 Å². The molecule has 2 N–H and O–H groups in total. The monoisotopic (exact) mass is 309 g/mol. The van der Waals surface area contributed by atoms with Gasteiger partial charge in [-0.05, 0) is 34.5 Å². The zero-order chi connectivity index (χ0) is 13.1. The molecule has 0 fully saturated rings. The number of rotatable bonds is 3. The minimum absolute atomic E-state index is 0.222. The van der Waals surface area contributed by atoms with Crippen molar-refractivity contribution in [2.75, 3.05) is 0 Å². The van der Waals surface area contributed by atoms with Crippen molar-refractivity contribution in [3.63, 3.8) is 0 Å². The van der Waals surface area contributed by atoms with Gasteiger partial charge in [-0.25, -0.2) is 0 Å². The fourth-order valence-corrected chi connectivity index (χ4v) is 1.83. The quantitative estimate of drug-likeness (QED) is 0.911. The van der Waals surface area contributed by atoms with Gasteiger partial charge in [-0.1, -0.05) is 13.3 Å². The van der Waals surface area contributed by atoms with E-state index in [0.29, 0.717) is 17.7 Å². The maximum absolute atomic E-state index is 11.8. The van der Waals surface area contributed by atoms with Gasteiger partial charge in [0.25, 0.3) is 5.56 Å². The molecular weight excluding hydrogens is 298 g/mol. The number of aromatic amines is 1. The zero-order valence-electron chi connectivity index (χ0n) is 9.77. The second-order valence-corrected chi connectivity index (χ2v) is 4.74. The average molecular weight is 310 g/mol. The first-order valence-electron chi connectivity index (χ1n) is 5.56. The zero-order valence-corrected chi connectivity index (χ0v) is 11.4.